The number of anilines is 1. The summed E-state index contributed by atoms with van der Waals surface area (Å²) in [6.07, 6.45) is 2.11. The molecule has 0 bridgehead atoms. The molecule has 6 heteroatoms. The number of carboxylic acid groups (broad SMARTS) is 1. The molecule has 2 fully saturated rings. The van der Waals surface area contributed by atoms with Crippen LogP contribution in [0.5, 0.6) is 0 Å². The zero-order valence-corrected chi connectivity index (χ0v) is 14.1. The third kappa shape index (κ3) is 3.67. The molecular weight excluding hydrogens is 316 g/mol. The standard InChI is InChI=1S/C17H22N2O3.ClH/c1-12-2-4-14(5-3-12)19-11-8-15(16(19)20)18-9-6-13(7-10-18)17(21)22;/h2-5,13,15H,6-11H2,1H3,(H,21,22);1H. The van der Waals surface area contributed by atoms with Crippen LogP contribution in [0, 0.1) is 12.8 Å². The predicted molar refractivity (Wildman–Crippen MR) is 91.1 cm³/mol. The molecule has 3 rings (SSSR count). The molecule has 2 aliphatic rings. The molecule has 5 nitrogen and oxygen atoms in total. The first-order chi connectivity index (χ1) is 10.6. The minimum atomic E-state index is -0.710. The highest BCUT2D eigenvalue weighted by Gasteiger charge is 2.38. The summed E-state index contributed by atoms with van der Waals surface area (Å²) in [5.74, 6) is -0.808. The van der Waals surface area contributed by atoms with Gasteiger partial charge in [-0.3, -0.25) is 14.5 Å². The smallest absolute Gasteiger partial charge is 0.306 e. The average Bonchev–Trinajstić information content (AvgIpc) is 2.90. The average molecular weight is 339 g/mol. The van der Waals surface area contributed by atoms with Crippen molar-refractivity contribution in [3.63, 3.8) is 0 Å². The van der Waals surface area contributed by atoms with E-state index in [0.29, 0.717) is 25.9 Å². The van der Waals surface area contributed by atoms with Gasteiger partial charge in [0.05, 0.1) is 12.0 Å². The second kappa shape index (κ2) is 7.32. The summed E-state index contributed by atoms with van der Waals surface area (Å²) in [5.41, 5.74) is 2.14. The Morgan fingerprint density at radius 2 is 1.70 bits per heavy atom. The highest BCUT2D eigenvalue weighted by molar-refractivity contribution is 5.99. The molecular formula is C17H23ClN2O3. The Labute approximate surface area is 142 Å². The molecule has 1 aromatic carbocycles. The molecule has 0 aliphatic carbocycles. The van der Waals surface area contributed by atoms with Gasteiger partial charge in [-0.15, -0.1) is 12.4 Å². The van der Waals surface area contributed by atoms with Crippen LogP contribution in [0.15, 0.2) is 24.3 Å². The SMILES string of the molecule is Cc1ccc(N2CCC(N3CCC(C(=O)O)CC3)C2=O)cc1.Cl. The van der Waals surface area contributed by atoms with Crippen LogP contribution in [0.1, 0.15) is 24.8 Å². The molecule has 126 valence electrons. The van der Waals surface area contributed by atoms with Crippen molar-refractivity contribution in [2.75, 3.05) is 24.5 Å². The van der Waals surface area contributed by atoms with Gasteiger partial charge >= 0.3 is 5.97 Å². The lowest BCUT2D eigenvalue weighted by Gasteiger charge is -2.33. The maximum atomic E-state index is 12.7. The Morgan fingerprint density at radius 3 is 2.26 bits per heavy atom. The van der Waals surface area contributed by atoms with Gasteiger partial charge in [0.15, 0.2) is 0 Å². The van der Waals surface area contributed by atoms with E-state index in [4.69, 9.17) is 5.11 Å². The Balaban J connectivity index is 0.00000192. The van der Waals surface area contributed by atoms with Crippen molar-refractivity contribution in [1.82, 2.24) is 4.90 Å². The third-order valence-corrected chi connectivity index (χ3v) is 4.84. The van der Waals surface area contributed by atoms with E-state index in [2.05, 4.69) is 4.90 Å². The number of amides is 1. The minimum absolute atomic E-state index is 0. The number of hydrogen-bond acceptors (Lipinski definition) is 3. The quantitative estimate of drug-likeness (QED) is 0.918. The number of aryl methyl sites for hydroxylation is 1. The van der Waals surface area contributed by atoms with Gasteiger partial charge < -0.3 is 10.0 Å². The number of piperidine rings is 1. The van der Waals surface area contributed by atoms with Crippen LogP contribution in [-0.2, 0) is 9.59 Å². The first kappa shape index (κ1) is 17.8. The highest BCUT2D eigenvalue weighted by atomic mass is 35.5. The van der Waals surface area contributed by atoms with Crippen molar-refractivity contribution in [3.05, 3.63) is 29.8 Å². The van der Waals surface area contributed by atoms with Gasteiger partial charge in [0.1, 0.15) is 0 Å². The van der Waals surface area contributed by atoms with Crippen molar-refractivity contribution in [2.24, 2.45) is 5.92 Å². The molecule has 0 radical (unpaired) electrons. The molecule has 1 amide bonds. The van der Waals surface area contributed by atoms with Crippen molar-refractivity contribution in [2.45, 2.75) is 32.2 Å². The summed E-state index contributed by atoms with van der Waals surface area (Å²) >= 11 is 0. The second-order valence-electron chi connectivity index (χ2n) is 6.28. The van der Waals surface area contributed by atoms with E-state index in [1.165, 1.54) is 5.56 Å². The molecule has 1 N–H and O–H groups in total. The summed E-state index contributed by atoms with van der Waals surface area (Å²) in [6, 6.07) is 7.94. The molecule has 2 saturated heterocycles. The summed E-state index contributed by atoms with van der Waals surface area (Å²) in [4.78, 5) is 27.7. The van der Waals surface area contributed by atoms with Gasteiger partial charge in [-0.05, 0) is 51.4 Å². The van der Waals surface area contributed by atoms with Crippen molar-refractivity contribution in [1.29, 1.82) is 0 Å². The van der Waals surface area contributed by atoms with Crippen molar-refractivity contribution >= 4 is 30.0 Å². The Bertz CT molecular complexity index is 568. The van der Waals surface area contributed by atoms with Gasteiger partial charge in [-0.1, -0.05) is 17.7 Å². The number of aliphatic carboxylic acids is 1. The first-order valence-corrected chi connectivity index (χ1v) is 7.91. The van der Waals surface area contributed by atoms with Gasteiger partial charge in [-0.25, -0.2) is 0 Å². The van der Waals surface area contributed by atoms with Gasteiger partial charge in [0.2, 0.25) is 5.91 Å². The molecule has 0 aromatic heterocycles. The van der Waals surface area contributed by atoms with Crippen molar-refractivity contribution < 1.29 is 14.7 Å². The summed E-state index contributed by atoms with van der Waals surface area (Å²) in [7, 11) is 0. The lowest BCUT2D eigenvalue weighted by Crippen LogP contribution is -2.46. The van der Waals surface area contributed by atoms with Gasteiger partial charge in [-0.2, -0.15) is 0 Å². The number of carbonyl (C=O) groups excluding carboxylic acids is 1. The van der Waals surface area contributed by atoms with E-state index in [9.17, 15) is 9.59 Å². The number of likely N-dealkylation sites (tertiary alicyclic amines) is 1. The van der Waals surface area contributed by atoms with Crippen LogP contribution in [-0.4, -0.2) is 47.6 Å². The number of halogens is 1. The van der Waals surface area contributed by atoms with E-state index in [0.717, 1.165) is 18.7 Å². The van der Waals surface area contributed by atoms with Crippen LogP contribution in [0.2, 0.25) is 0 Å². The molecule has 2 aliphatic heterocycles. The summed E-state index contributed by atoms with van der Waals surface area (Å²) in [6.45, 7) is 4.18. The van der Waals surface area contributed by atoms with E-state index in [1.54, 1.807) is 0 Å². The second-order valence-corrected chi connectivity index (χ2v) is 6.28. The summed E-state index contributed by atoms with van der Waals surface area (Å²) in [5, 5.41) is 9.06. The highest BCUT2D eigenvalue weighted by Crippen LogP contribution is 2.27. The summed E-state index contributed by atoms with van der Waals surface area (Å²) < 4.78 is 0. The Morgan fingerprint density at radius 1 is 1.09 bits per heavy atom. The minimum Gasteiger partial charge on any atom is -0.481 e. The van der Waals surface area contributed by atoms with Crippen LogP contribution in [0.3, 0.4) is 0 Å². The lowest BCUT2D eigenvalue weighted by molar-refractivity contribution is -0.143. The largest absolute Gasteiger partial charge is 0.481 e. The first-order valence-electron chi connectivity index (χ1n) is 7.91. The third-order valence-electron chi connectivity index (χ3n) is 4.84. The van der Waals surface area contributed by atoms with E-state index < -0.39 is 5.97 Å². The zero-order valence-electron chi connectivity index (χ0n) is 13.3. The molecule has 0 saturated carbocycles. The molecule has 23 heavy (non-hydrogen) atoms. The van der Waals surface area contributed by atoms with Gasteiger partial charge in [0.25, 0.3) is 0 Å². The van der Waals surface area contributed by atoms with E-state index >= 15 is 0 Å². The van der Waals surface area contributed by atoms with E-state index in [1.807, 2.05) is 36.1 Å². The zero-order chi connectivity index (χ0) is 15.7. The number of rotatable bonds is 3. The van der Waals surface area contributed by atoms with Crippen LogP contribution in [0.25, 0.3) is 0 Å². The van der Waals surface area contributed by atoms with Crippen molar-refractivity contribution in [3.8, 4) is 0 Å². The Kier molecular flexibility index (Phi) is 5.65. The molecule has 1 aromatic rings. The fourth-order valence-corrected chi connectivity index (χ4v) is 3.44. The molecule has 1 atom stereocenters. The van der Waals surface area contributed by atoms with Gasteiger partial charge in [0, 0.05) is 12.2 Å². The number of hydrogen-bond donors (Lipinski definition) is 1. The molecule has 2 heterocycles. The normalized spacial score (nSPS) is 22.9. The van der Waals surface area contributed by atoms with Crippen LogP contribution < -0.4 is 4.90 Å². The maximum Gasteiger partial charge on any atom is 0.306 e. The predicted octanol–water partition coefficient (Wildman–Crippen LogP) is 2.32. The molecule has 1 unspecified atom stereocenters. The van der Waals surface area contributed by atoms with E-state index in [-0.39, 0.29) is 30.3 Å². The number of carbonyl (C=O) groups is 2. The maximum absolute atomic E-state index is 12.7. The fourth-order valence-electron chi connectivity index (χ4n) is 3.44. The van der Waals surface area contributed by atoms with Crippen LogP contribution in [0.4, 0.5) is 5.69 Å². The number of nitrogens with zero attached hydrogens (tertiary/aromatic N) is 2. The Hall–Kier alpha value is -1.59. The monoisotopic (exact) mass is 338 g/mol. The number of benzene rings is 1. The topological polar surface area (TPSA) is 60.9 Å². The lowest BCUT2D eigenvalue weighted by atomic mass is 9.96. The molecule has 0 spiro atoms. The number of carboxylic acids is 1. The van der Waals surface area contributed by atoms with Crippen LogP contribution >= 0.6 is 12.4 Å². The fraction of sp³-hybridized carbons (Fsp3) is 0.529.